The predicted molar refractivity (Wildman–Crippen MR) is 97.0 cm³/mol. The van der Waals surface area contributed by atoms with Crippen molar-refractivity contribution in [1.29, 1.82) is 0 Å². The summed E-state index contributed by atoms with van der Waals surface area (Å²) in [6, 6.07) is 13.7. The van der Waals surface area contributed by atoms with Crippen molar-refractivity contribution in [3.05, 3.63) is 54.1 Å². The maximum absolute atomic E-state index is 12.4. The second-order valence-corrected chi connectivity index (χ2v) is 7.75. The predicted octanol–water partition coefficient (Wildman–Crippen LogP) is 2.31. The van der Waals surface area contributed by atoms with Gasteiger partial charge in [-0.3, -0.25) is 4.90 Å². The summed E-state index contributed by atoms with van der Waals surface area (Å²) in [7, 11) is -2.11. The molecule has 1 aliphatic heterocycles. The molecule has 1 aliphatic rings. The van der Waals surface area contributed by atoms with Crippen LogP contribution >= 0.6 is 0 Å². The summed E-state index contributed by atoms with van der Waals surface area (Å²) in [6.45, 7) is 2.08. The van der Waals surface area contributed by atoms with Gasteiger partial charge in [-0.2, -0.15) is 0 Å². The number of nitrogens with one attached hydrogen (secondary N) is 1. The van der Waals surface area contributed by atoms with Crippen LogP contribution < -0.4 is 14.4 Å². The topological polar surface area (TPSA) is 84.9 Å². The lowest BCUT2D eigenvalue weighted by Crippen LogP contribution is -2.34. The van der Waals surface area contributed by atoms with Gasteiger partial charge < -0.3 is 9.47 Å². The van der Waals surface area contributed by atoms with Gasteiger partial charge in [-0.1, -0.05) is 18.2 Å². The van der Waals surface area contributed by atoms with Crippen molar-refractivity contribution in [3.8, 4) is 5.75 Å². The molecular weight excluding hydrogens is 356 g/mol. The normalized spacial score (nSPS) is 17.2. The molecule has 0 radical (unpaired) electrons. The maximum atomic E-state index is 12.4. The molecule has 1 saturated heterocycles. The number of hydrogen-bond acceptors (Lipinski definition) is 5. The van der Waals surface area contributed by atoms with E-state index in [9.17, 15) is 13.2 Å². The number of methoxy groups -OCH3 is 1. The molecule has 2 aromatic carbocycles. The van der Waals surface area contributed by atoms with Crippen LogP contribution in [0.25, 0.3) is 0 Å². The Morgan fingerprint density at radius 3 is 2.73 bits per heavy atom. The van der Waals surface area contributed by atoms with Crippen LogP contribution in [0.4, 0.5) is 10.5 Å². The molecule has 0 aliphatic carbocycles. The molecule has 0 bridgehead atoms. The molecule has 8 heteroatoms. The van der Waals surface area contributed by atoms with Gasteiger partial charge in [0.25, 0.3) is 0 Å². The van der Waals surface area contributed by atoms with Crippen LogP contribution in [0.2, 0.25) is 0 Å². The Bertz CT molecular complexity index is 913. The Kier molecular flexibility index (Phi) is 5.15. The highest BCUT2D eigenvalue weighted by atomic mass is 32.2. The molecule has 2 aromatic rings. The van der Waals surface area contributed by atoms with Gasteiger partial charge >= 0.3 is 6.09 Å². The number of carbonyl (C=O) groups excluding carboxylic acids is 1. The standard InChI is InChI=1S/C18H20N2O5S/c1-13-5-3-8-17(9-13)26(22,23)19-11-16-12-20(18(21)25-16)14-6-4-7-15(10-14)24-2/h3-10,16,19H,11-12H2,1-2H3. The van der Waals surface area contributed by atoms with Crippen molar-refractivity contribution < 1.29 is 22.7 Å². The Hall–Kier alpha value is -2.58. The van der Waals surface area contributed by atoms with Gasteiger partial charge in [-0.15, -0.1) is 0 Å². The van der Waals surface area contributed by atoms with E-state index in [1.165, 1.54) is 11.0 Å². The number of rotatable bonds is 6. The van der Waals surface area contributed by atoms with Crippen molar-refractivity contribution >= 4 is 21.8 Å². The Labute approximate surface area is 152 Å². The van der Waals surface area contributed by atoms with E-state index < -0.39 is 22.2 Å². The van der Waals surface area contributed by atoms with E-state index in [0.29, 0.717) is 11.4 Å². The number of cyclic esters (lactones) is 1. The Morgan fingerprint density at radius 1 is 1.23 bits per heavy atom. The van der Waals surface area contributed by atoms with Crippen LogP contribution in [-0.4, -0.2) is 40.8 Å². The van der Waals surface area contributed by atoms with Crippen molar-refractivity contribution in [3.63, 3.8) is 0 Å². The average molecular weight is 376 g/mol. The number of hydrogen-bond donors (Lipinski definition) is 1. The molecule has 0 saturated carbocycles. The minimum Gasteiger partial charge on any atom is -0.497 e. The van der Waals surface area contributed by atoms with Crippen molar-refractivity contribution in [2.45, 2.75) is 17.9 Å². The highest BCUT2D eigenvalue weighted by Crippen LogP contribution is 2.25. The molecule has 1 fully saturated rings. The Morgan fingerprint density at radius 2 is 2.00 bits per heavy atom. The summed E-state index contributed by atoms with van der Waals surface area (Å²) in [6.07, 6.45) is -1.09. The summed E-state index contributed by atoms with van der Waals surface area (Å²) in [5.74, 6) is 0.624. The lowest BCUT2D eigenvalue weighted by atomic mass is 10.2. The first kappa shape index (κ1) is 18.2. The number of anilines is 1. The highest BCUT2D eigenvalue weighted by Gasteiger charge is 2.33. The maximum Gasteiger partial charge on any atom is 0.414 e. The van der Waals surface area contributed by atoms with Crippen molar-refractivity contribution in [2.75, 3.05) is 25.1 Å². The lowest BCUT2D eigenvalue weighted by Gasteiger charge is -2.14. The van der Waals surface area contributed by atoms with E-state index in [1.54, 1.807) is 43.5 Å². The summed E-state index contributed by atoms with van der Waals surface area (Å²) in [5, 5.41) is 0. The molecule has 1 amide bonds. The number of sulfonamides is 1. The van der Waals surface area contributed by atoms with Gasteiger partial charge in [0.2, 0.25) is 10.0 Å². The van der Waals surface area contributed by atoms with Gasteiger partial charge in [-0.05, 0) is 36.8 Å². The number of benzene rings is 2. The van der Waals surface area contributed by atoms with Crippen molar-refractivity contribution in [1.82, 2.24) is 4.72 Å². The van der Waals surface area contributed by atoms with Crippen LogP contribution in [0.1, 0.15) is 5.56 Å². The van der Waals surface area contributed by atoms with E-state index >= 15 is 0 Å². The van der Waals surface area contributed by atoms with Gasteiger partial charge in [0, 0.05) is 12.6 Å². The van der Waals surface area contributed by atoms with Crippen LogP contribution in [0, 0.1) is 6.92 Å². The molecule has 1 heterocycles. The van der Waals surface area contributed by atoms with E-state index in [4.69, 9.17) is 9.47 Å². The van der Waals surface area contributed by atoms with Gasteiger partial charge in [0.15, 0.2) is 0 Å². The molecule has 7 nitrogen and oxygen atoms in total. The van der Waals surface area contributed by atoms with Gasteiger partial charge in [0.1, 0.15) is 11.9 Å². The van der Waals surface area contributed by atoms with E-state index in [1.807, 2.05) is 13.0 Å². The Balaban J connectivity index is 1.66. The zero-order valence-electron chi connectivity index (χ0n) is 14.5. The van der Waals surface area contributed by atoms with E-state index in [2.05, 4.69) is 4.72 Å². The second-order valence-electron chi connectivity index (χ2n) is 5.99. The first-order valence-corrected chi connectivity index (χ1v) is 9.56. The molecule has 1 atom stereocenters. The SMILES string of the molecule is COc1cccc(N2CC(CNS(=O)(=O)c3cccc(C)c3)OC2=O)c1. The molecule has 3 rings (SSSR count). The first-order chi connectivity index (χ1) is 12.4. The van der Waals surface area contributed by atoms with Crippen LogP contribution in [0.5, 0.6) is 5.75 Å². The molecule has 0 spiro atoms. The molecule has 138 valence electrons. The third-order valence-corrected chi connectivity index (χ3v) is 5.46. The highest BCUT2D eigenvalue weighted by molar-refractivity contribution is 7.89. The fourth-order valence-electron chi connectivity index (χ4n) is 2.69. The number of ether oxygens (including phenoxy) is 2. The minimum absolute atomic E-state index is 0.00246. The third-order valence-electron chi connectivity index (χ3n) is 4.04. The van der Waals surface area contributed by atoms with E-state index in [-0.39, 0.29) is 18.0 Å². The minimum atomic E-state index is -3.66. The monoisotopic (exact) mass is 376 g/mol. The zero-order chi connectivity index (χ0) is 18.7. The van der Waals surface area contributed by atoms with Gasteiger partial charge in [0.05, 0.1) is 24.2 Å². The average Bonchev–Trinajstić information content (AvgIpc) is 3.01. The fourth-order valence-corrected chi connectivity index (χ4v) is 3.86. The summed E-state index contributed by atoms with van der Waals surface area (Å²) in [5.41, 5.74) is 1.49. The summed E-state index contributed by atoms with van der Waals surface area (Å²) in [4.78, 5) is 13.7. The lowest BCUT2D eigenvalue weighted by molar-refractivity contribution is 0.143. The quantitative estimate of drug-likeness (QED) is 0.836. The van der Waals surface area contributed by atoms with E-state index in [0.717, 1.165) is 5.56 Å². The smallest absolute Gasteiger partial charge is 0.414 e. The number of aryl methyl sites for hydroxylation is 1. The molecular formula is C18H20N2O5S. The molecule has 1 N–H and O–H groups in total. The van der Waals surface area contributed by atoms with Crippen molar-refractivity contribution in [2.24, 2.45) is 0 Å². The third kappa shape index (κ3) is 3.97. The molecule has 0 aromatic heterocycles. The summed E-state index contributed by atoms with van der Waals surface area (Å²) < 4.78 is 37.7. The molecule has 1 unspecified atom stereocenters. The van der Waals surface area contributed by atoms with Crippen LogP contribution in [0.3, 0.4) is 0 Å². The number of nitrogens with zero attached hydrogens (tertiary/aromatic N) is 1. The van der Waals surface area contributed by atoms with Crippen LogP contribution in [-0.2, 0) is 14.8 Å². The largest absolute Gasteiger partial charge is 0.497 e. The van der Waals surface area contributed by atoms with Crippen LogP contribution in [0.15, 0.2) is 53.4 Å². The van der Waals surface area contributed by atoms with Gasteiger partial charge in [-0.25, -0.2) is 17.9 Å². The second kappa shape index (κ2) is 7.35. The fraction of sp³-hybridized carbons (Fsp3) is 0.278. The molecule has 26 heavy (non-hydrogen) atoms. The first-order valence-electron chi connectivity index (χ1n) is 8.07. The summed E-state index contributed by atoms with van der Waals surface area (Å²) >= 11 is 0. The number of amides is 1. The zero-order valence-corrected chi connectivity index (χ0v) is 15.3. The number of carbonyl (C=O) groups is 1.